The topological polar surface area (TPSA) is 23.8 Å². The summed E-state index contributed by atoms with van der Waals surface area (Å²) in [5.41, 5.74) is 7.17. The minimum absolute atomic E-state index is 0.250. The summed E-state index contributed by atoms with van der Waals surface area (Å²) in [6, 6.07) is 0. The number of rotatable bonds is 1. The Morgan fingerprint density at radius 3 is 2.20 bits per heavy atom. The van der Waals surface area contributed by atoms with Gasteiger partial charge >= 0.3 is 0 Å². The normalized spacial score (nSPS) is 7.40. The van der Waals surface area contributed by atoms with Gasteiger partial charge in [-0.3, -0.25) is 0 Å². The summed E-state index contributed by atoms with van der Waals surface area (Å²) in [6.45, 7) is 7.00. The molecule has 0 saturated carbocycles. The number of nitrogens with one attached hydrogen (secondary N) is 1. The van der Waals surface area contributed by atoms with Gasteiger partial charge < -0.3 is 5.73 Å². The van der Waals surface area contributed by atoms with Crippen LogP contribution in [0.1, 0.15) is 0 Å². The van der Waals surface area contributed by atoms with Gasteiger partial charge in [0.15, 0.2) is 0 Å². The SMILES string of the molecule is C=C([CH2+])C[NH-]. The van der Waals surface area contributed by atoms with Crippen LogP contribution in [0.5, 0.6) is 0 Å². The molecule has 0 rings (SSSR count). The van der Waals surface area contributed by atoms with Crippen molar-refractivity contribution < 1.29 is 0 Å². The number of hydrogen-bond acceptors (Lipinski definition) is 0. The van der Waals surface area contributed by atoms with Gasteiger partial charge in [0.1, 0.15) is 0 Å². The lowest BCUT2D eigenvalue weighted by Gasteiger charge is -1.84. The highest BCUT2D eigenvalue weighted by atomic mass is 14.5. The van der Waals surface area contributed by atoms with E-state index in [0.29, 0.717) is 5.57 Å². The Kier molecular flexibility index (Phi) is 1.69. The van der Waals surface area contributed by atoms with Crippen LogP contribution < -0.4 is 0 Å². The first kappa shape index (κ1) is 4.57. The molecule has 0 bridgehead atoms. The predicted octanol–water partition coefficient (Wildman–Crippen LogP) is 1.43. The van der Waals surface area contributed by atoms with E-state index in [2.05, 4.69) is 13.5 Å². The molecule has 0 fully saturated rings. The Morgan fingerprint density at radius 1 is 2.00 bits per heavy atom. The molecular formula is C4H7N. The molecule has 0 aliphatic carbocycles. The van der Waals surface area contributed by atoms with Crippen LogP contribution in [0.4, 0.5) is 0 Å². The Bertz CT molecular complexity index is 38.9. The van der Waals surface area contributed by atoms with Crippen LogP contribution in [0.25, 0.3) is 5.73 Å². The fourth-order valence-electron chi connectivity index (χ4n) is 0. The molecule has 0 saturated heterocycles. The quantitative estimate of drug-likeness (QED) is 0.416. The Hall–Kier alpha value is -0.430. The third kappa shape index (κ3) is 3.57. The molecule has 1 nitrogen and oxygen atoms in total. The molecule has 0 radical (unpaired) electrons. The molecule has 1 heteroatoms. The van der Waals surface area contributed by atoms with Crippen molar-refractivity contribution >= 4 is 0 Å². The van der Waals surface area contributed by atoms with Crippen LogP contribution in [0.15, 0.2) is 12.2 Å². The molecule has 0 aromatic carbocycles. The second-order valence-corrected chi connectivity index (χ2v) is 0.927. The summed E-state index contributed by atoms with van der Waals surface area (Å²) >= 11 is 0. The summed E-state index contributed by atoms with van der Waals surface area (Å²) in [5, 5.41) is 0. The first-order valence-corrected chi connectivity index (χ1v) is 1.41. The molecule has 0 aromatic rings. The average molecular weight is 69.1 g/mol. The van der Waals surface area contributed by atoms with Crippen molar-refractivity contribution in [1.29, 1.82) is 0 Å². The zero-order valence-corrected chi connectivity index (χ0v) is 3.12. The molecule has 0 atom stereocenters. The monoisotopic (exact) mass is 69.1 g/mol. The van der Waals surface area contributed by atoms with E-state index >= 15 is 0 Å². The van der Waals surface area contributed by atoms with Crippen molar-refractivity contribution in [3.8, 4) is 0 Å². The van der Waals surface area contributed by atoms with Gasteiger partial charge in [-0.05, 0) is 0 Å². The van der Waals surface area contributed by atoms with Gasteiger partial charge in [0.2, 0.25) is 0 Å². The van der Waals surface area contributed by atoms with Gasteiger partial charge in [0, 0.05) is 13.5 Å². The van der Waals surface area contributed by atoms with Crippen molar-refractivity contribution in [3.63, 3.8) is 0 Å². The molecule has 0 amide bonds. The van der Waals surface area contributed by atoms with E-state index in [1.54, 1.807) is 0 Å². The van der Waals surface area contributed by atoms with Crippen LogP contribution in [-0.4, -0.2) is 6.54 Å². The van der Waals surface area contributed by atoms with Crippen molar-refractivity contribution in [2.75, 3.05) is 6.54 Å². The standard InChI is InChI=1S/C4H7N/c1-4(2)3-5/h5H,1-3H2. The van der Waals surface area contributed by atoms with Crippen molar-refractivity contribution in [2.24, 2.45) is 0 Å². The van der Waals surface area contributed by atoms with E-state index in [-0.39, 0.29) is 6.54 Å². The maximum atomic E-state index is 6.50. The Balaban J connectivity index is 2.85. The zero-order chi connectivity index (χ0) is 4.28. The van der Waals surface area contributed by atoms with Crippen molar-refractivity contribution in [2.45, 2.75) is 0 Å². The third-order valence-corrected chi connectivity index (χ3v) is 0.250. The predicted molar refractivity (Wildman–Crippen MR) is 23.7 cm³/mol. The van der Waals surface area contributed by atoms with Crippen LogP contribution in [0, 0.1) is 6.92 Å². The molecule has 0 aliphatic rings. The molecule has 0 aromatic heterocycles. The van der Waals surface area contributed by atoms with E-state index in [4.69, 9.17) is 5.73 Å². The van der Waals surface area contributed by atoms with Crippen LogP contribution >= 0.6 is 0 Å². The number of hydrogen-bond donors (Lipinski definition) is 0. The fraction of sp³-hybridized carbons (Fsp3) is 0.250. The fourth-order valence-corrected chi connectivity index (χ4v) is 0. The van der Waals surface area contributed by atoms with Crippen LogP contribution in [0.3, 0.4) is 0 Å². The molecular weight excluding hydrogens is 62.1 g/mol. The molecule has 1 N–H and O–H groups in total. The Morgan fingerprint density at radius 2 is 2.20 bits per heavy atom. The van der Waals surface area contributed by atoms with E-state index in [0.717, 1.165) is 0 Å². The summed E-state index contributed by atoms with van der Waals surface area (Å²) in [5.74, 6) is 0. The van der Waals surface area contributed by atoms with E-state index in [9.17, 15) is 0 Å². The van der Waals surface area contributed by atoms with Gasteiger partial charge in [0.25, 0.3) is 0 Å². The minimum Gasteiger partial charge on any atom is -0.671 e. The minimum atomic E-state index is 0.250. The summed E-state index contributed by atoms with van der Waals surface area (Å²) in [6.07, 6.45) is 0. The van der Waals surface area contributed by atoms with Crippen molar-refractivity contribution in [3.05, 3.63) is 24.8 Å². The Labute approximate surface area is 32.5 Å². The van der Waals surface area contributed by atoms with E-state index < -0.39 is 0 Å². The second kappa shape index (κ2) is 1.85. The van der Waals surface area contributed by atoms with Gasteiger partial charge in [-0.15, -0.1) is 0 Å². The summed E-state index contributed by atoms with van der Waals surface area (Å²) in [4.78, 5) is 0. The highest BCUT2D eigenvalue weighted by Crippen LogP contribution is 1.80. The van der Waals surface area contributed by atoms with Gasteiger partial charge in [-0.25, -0.2) is 0 Å². The molecule has 28 valence electrons. The maximum absolute atomic E-state index is 6.50. The first-order valence-electron chi connectivity index (χ1n) is 1.41. The third-order valence-electron chi connectivity index (χ3n) is 0.250. The largest absolute Gasteiger partial charge is 0.671 e. The van der Waals surface area contributed by atoms with Crippen LogP contribution in [0.2, 0.25) is 0 Å². The maximum Gasteiger partial charge on any atom is 0.0758 e. The van der Waals surface area contributed by atoms with Crippen molar-refractivity contribution in [1.82, 2.24) is 0 Å². The van der Waals surface area contributed by atoms with Crippen LogP contribution in [-0.2, 0) is 0 Å². The summed E-state index contributed by atoms with van der Waals surface area (Å²) < 4.78 is 0. The van der Waals surface area contributed by atoms with Gasteiger partial charge in [0.05, 0.1) is 5.57 Å². The summed E-state index contributed by atoms with van der Waals surface area (Å²) in [7, 11) is 0. The molecule has 0 heterocycles. The lowest BCUT2D eigenvalue weighted by Crippen LogP contribution is -1.69. The first-order chi connectivity index (χ1) is 2.27. The zero-order valence-electron chi connectivity index (χ0n) is 3.12. The molecule has 0 spiro atoms. The lowest BCUT2D eigenvalue weighted by atomic mass is 10.4. The highest BCUT2D eigenvalue weighted by molar-refractivity contribution is 5.02. The molecule has 5 heavy (non-hydrogen) atoms. The van der Waals surface area contributed by atoms with Gasteiger partial charge in [-0.1, -0.05) is 6.54 Å². The second-order valence-electron chi connectivity index (χ2n) is 0.927. The average Bonchev–Trinajstić information content (AvgIpc) is 1.38. The van der Waals surface area contributed by atoms with E-state index in [1.165, 1.54) is 0 Å². The molecule has 0 aliphatic heterocycles. The lowest BCUT2D eigenvalue weighted by molar-refractivity contribution is 1.44. The van der Waals surface area contributed by atoms with E-state index in [1.807, 2.05) is 0 Å². The highest BCUT2D eigenvalue weighted by Gasteiger charge is 1.70. The molecule has 0 unspecified atom stereocenters. The smallest absolute Gasteiger partial charge is 0.0758 e. The van der Waals surface area contributed by atoms with Gasteiger partial charge in [-0.2, -0.15) is 0 Å².